The Kier molecular flexibility index (Phi) is 2.95. The molecule has 3 aromatic heterocycles. The van der Waals surface area contributed by atoms with E-state index in [1.165, 1.54) is 0 Å². The Balaban J connectivity index is 1.99. The van der Waals surface area contributed by atoms with E-state index in [2.05, 4.69) is 15.3 Å². The molecular weight excluding hydrogens is 252 g/mol. The van der Waals surface area contributed by atoms with E-state index in [-0.39, 0.29) is 5.91 Å². The van der Waals surface area contributed by atoms with E-state index in [0.29, 0.717) is 17.2 Å². The van der Waals surface area contributed by atoms with Crippen LogP contribution in [0.2, 0.25) is 0 Å². The van der Waals surface area contributed by atoms with Crippen molar-refractivity contribution in [1.82, 2.24) is 14.4 Å². The fourth-order valence-corrected chi connectivity index (χ4v) is 2.17. The van der Waals surface area contributed by atoms with Gasteiger partial charge in [0.05, 0.1) is 5.69 Å². The quantitative estimate of drug-likeness (QED) is 0.775. The van der Waals surface area contributed by atoms with Crippen LogP contribution in [0.3, 0.4) is 0 Å². The third-order valence-electron chi connectivity index (χ3n) is 3.08. The SMILES string of the molecule is Cc1ccnc(NC(=O)c2c(C)nc3ccccn23)c1. The number of aromatic nitrogens is 3. The lowest BCUT2D eigenvalue weighted by molar-refractivity contribution is 0.102. The Bertz CT molecular complexity index is 791. The standard InChI is InChI=1S/C15H14N4O/c1-10-6-7-16-12(9-10)18-15(20)14-11(2)17-13-5-3-4-8-19(13)14/h3-9H,1-2H3,(H,16,18,20). The second kappa shape index (κ2) is 4.77. The second-order valence-corrected chi connectivity index (χ2v) is 4.65. The maximum absolute atomic E-state index is 12.4. The monoisotopic (exact) mass is 266 g/mol. The number of imidazole rings is 1. The van der Waals surface area contributed by atoms with Crippen molar-refractivity contribution >= 4 is 17.4 Å². The van der Waals surface area contributed by atoms with E-state index in [1.807, 2.05) is 50.4 Å². The van der Waals surface area contributed by atoms with Crippen LogP contribution < -0.4 is 5.32 Å². The number of nitrogens with zero attached hydrogens (tertiary/aromatic N) is 3. The van der Waals surface area contributed by atoms with Crippen molar-refractivity contribution in [3.63, 3.8) is 0 Å². The minimum absolute atomic E-state index is 0.209. The molecular formula is C15H14N4O. The van der Waals surface area contributed by atoms with Crippen LogP contribution in [-0.4, -0.2) is 20.3 Å². The molecule has 5 heteroatoms. The predicted octanol–water partition coefficient (Wildman–Crippen LogP) is 2.60. The highest BCUT2D eigenvalue weighted by Crippen LogP contribution is 2.14. The summed E-state index contributed by atoms with van der Waals surface area (Å²) in [6.45, 7) is 3.78. The average molecular weight is 266 g/mol. The first-order valence-electron chi connectivity index (χ1n) is 6.33. The third kappa shape index (κ3) is 2.14. The van der Waals surface area contributed by atoms with E-state index in [1.54, 1.807) is 10.6 Å². The zero-order valence-electron chi connectivity index (χ0n) is 11.3. The molecule has 1 amide bonds. The van der Waals surface area contributed by atoms with Crippen molar-refractivity contribution in [2.24, 2.45) is 0 Å². The molecule has 0 spiro atoms. The summed E-state index contributed by atoms with van der Waals surface area (Å²) < 4.78 is 1.78. The zero-order valence-corrected chi connectivity index (χ0v) is 11.3. The van der Waals surface area contributed by atoms with Gasteiger partial charge in [0.15, 0.2) is 0 Å². The number of aryl methyl sites for hydroxylation is 2. The highest BCUT2D eigenvalue weighted by atomic mass is 16.2. The molecule has 5 nitrogen and oxygen atoms in total. The predicted molar refractivity (Wildman–Crippen MR) is 76.9 cm³/mol. The number of anilines is 1. The number of hydrogen-bond donors (Lipinski definition) is 1. The van der Waals surface area contributed by atoms with Gasteiger partial charge in [0, 0.05) is 12.4 Å². The molecule has 0 aliphatic rings. The minimum atomic E-state index is -0.209. The molecule has 3 aromatic rings. The molecule has 0 fully saturated rings. The Labute approximate surface area is 116 Å². The van der Waals surface area contributed by atoms with Gasteiger partial charge in [0.1, 0.15) is 17.2 Å². The molecule has 1 N–H and O–H groups in total. The summed E-state index contributed by atoms with van der Waals surface area (Å²) in [6.07, 6.45) is 3.50. The van der Waals surface area contributed by atoms with Gasteiger partial charge >= 0.3 is 0 Å². The summed E-state index contributed by atoms with van der Waals surface area (Å²) in [6, 6.07) is 9.35. The fraction of sp³-hybridized carbons (Fsp3) is 0.133. The molecule has 100 valence electrons. The molecule has 0 aliphatic heterocycles. The minimum Gasteiger partial charge on any atom is -0.305 e. The van der Waals surface area contributed by atoms with Crippen LogP contribution in [-0.2, 0) is 0 Å². The van der Waals surface area contributed by atoms with Crippen LogP contribution in [0.1, 0.15) is 21.7 Å². The smallest absolute Gasteiger partial charge is 0.275 e. The number of carbonyl (C=O) groups is 1. The highest BCUT2D eigenvalue weighted by molar-refractivity contribution is 6.04. The lowest BCUT2D eigenvalue weighted by Gasteiger charge is -2.05. The van der Waals surface area contributed by atoms with Gasteiger partial charge in [-0.1, -0.05) is 6.07 Å². The van der Waals surface area contributed by atoms with Gasteiger partial charge in [0.25, 0.3) is 5.91 Å². The van der Waals surface area contributed by atoms with Gasteiger partial charge in [-0.2, -0.15) is 0 Å². The van der Waals surface area contributed by atoms with Crippen molar-refractivity contribution in [3.8, 4) is 0 Å². The molecule has 0 saturated carbocycles. The number of amides is 1. The molecule has 0 radical (unpaired) electrons. The van der Waals surface area contributed by atoms with Crippen molar-refractivity contribution in [3.05, 3.63) is 59.7 Å². The molecule has 0 aromatic carbocycles. The summed E-state index contributed by atoms with van der Waals surface area (Å²) in [5.41, 5.74) is 3.03. The summed E-state index contributed by atoms with van der Waals surface area (Å²) in [4.78, 5) is 20.9. The van der Waals surface area contributed by atoms with E-state index in [9.17, 15) is 4.79 Å². The Hall–Kier alpha value is -2.69. The Morgan fingerprint density at radius 2 is 2.10 bits per heavy atom. The first-order valence-corrected chi connectivity index (χ1v) is 6.33. The lowest BCUT2D eigenvalue weighted by atomic mass is 10.3. The van der Waals surface area contributed by atoms with E-state index in [0.717, 1.165) is 11.2 Å². The lowest BCUT2D eigenvalue weighted by Crippen LogP contribution is -2.16. The molecule has 0 unspecified atom stereocenters. The maximum atomic E-state index is 12.4. The largest absolute Gasteiger partial charge is 0.305 e. The molecule has 3 heterocycles. The second-order valence-electron chi connectivity index (χ2n) is 4.65. The molecule has 3 rings (SSSR count). The summed E-state index contributed by atoms with van der Waals surface area (Å²) >= 11 is 0. The van der Waals surface area contributed by atoms with Crippen molar-refractivity contribution in [1.29, 1.82) is 0 Å². The Morgan fingerprint density at radius 3 is 2.90 bits per heavy atom. The van der Waals surface area contributed by atoms with Crippen LogP contribution in [0.5, 0.6) is 0 Å². The van der Waals surface area contributed by atoms with Crippen LogP contribution in [0.25, 0.3) is 5.65 Å². The van der Waals surface area contributed by atoms with E-state index >= 15 is 0 Å². The summed E-state index contributed by atoms with van der Waals surface area (Å²) in [5.74, 6) is 0.333. The van der Waals surface area contributed by atoms with Crippen LogP contribution >= 0.6 is 0 Å². The number of rotatable bonds is 2. The fourth-order valence-electron chi connectivity index (χ4n) is 2.17. The first kappa shape index (κ1) is 12.3. The van der Waals surface area contributed by atoms with Crippen LogP contribution in [0, 0.1) is 13.8 Å². The van der Waals surface area contributed by atoms with Gasteiger partial charge in [-0.3, -0.25) is 9.20 Å². The van der Waals surface area contributed by atoms with Crippen molar-refractivity contribution < 1.29 is 4.79 Å². The van der Waals surface area contributed by atoms with Crippen molar-refractivity contribution in [2.75, 3.05) is 5.32 Å². The van der Waals surface area contributed by atoms with Gasteiger partial charge in [-0.05, 0) is 43.7 Å². The average Bonchev–Trinajstić information content (AvgIpc) is 2.74. The van der Waals surface area contributed by atoms with Gasteiger partial charge < -0.3 is 5.32 Å². The molecule has 0 atom stereocenters. The topological polar surface area (TPSA) is 59.3 Å². The molecule has 20 heavy (non-hydrogen) atoms. The van der Waals surface area contributed by atoms with Gasteiger partial charge in [-0.15, -0.1) is 0 Å². The number of hydrogen-bond acceptors (Lipinski definition) is 3. The van der Waals surface area contributed by atoms with Crippen LogP contribution in [0.4, 0.5) is 5.82 Å². The highest BCUT2D eigenvalue weighted by Gasteiger charge is 2.16. The van der Waals surface area contributed by atoms with E-state index in [4.69, 9.17) is 0 Å². The van der Waals surface area contributed by atoms with E-state index < -0.39 is 0 Å². The molecule has 0 bridgehead atoms. The number of carbonyl (C=O) groups excluding carboxylic acids is 1. The number of pyridine rings is 2. The molecule has 0 aliphatic carbocycles. The maximum Gasteiger partial charge on any atom is 0.275 e. The normalized spacial score (nSPS) is 10.7. The third-order valence-corrected chi connectivity index (χ3v) is 3.08. The molecule has 0 saturated heterocycles. The number of fused-ring (bicyclic) bond motifs is 1. The summed E-state index contributed by atoms with van der Waals surface area (Å²) in [7, 11) is 0. The van der Waals surface area contributed by atoms with Gasteiger partial charge in [0.2, 0.25) is 0 Å². The number of nitrogens with one attached hydrogen (secondary N) is 1. The Morgan fingerprint density at radius 1 is 1.25 bits per heavy atom. The zero-order chi connectivity index (χ0) is 14.1. The van der Waals surface area contributed by atoms with Crippen molar-refractivity contribution in [2.45, 2.75) is 13.8 Å². The first-order chi connectivity index (χ1) is 9.65. The van der Waals surface area contributed by atoms with Gasteiger partial charge in [-0.25, -0.2) is 9.97 Å². The van der Waals surface area contributed by atoms with Crippen LogP contribution in [0.15, 0.2) is 42.7 Å². The summed E-state index contributed by atoms with van der Waals surface area (Å²) in [5, 5.41) is 2.81.